The van der Waals surface area contributed by atoms with Crippen LogP contribution >= 0.6 is 0 Å². The predicted molar refractivity (Wildman–Crippen MR) is 48.7 cm³/mol. The summed E-state index contributed by atoms with van der Waals surface area (Å²) in [4.78, 5) is 13.0. The van der Waals surface area contributed by atoms with Gasteiger partial charge in [-0.2, -0.15) is 0 Å². The zero-order chi connectivity index (χ0) is 8.97. The molecule has 3 heteroatoms. The van der Waals surface area contributed by atoms with Gasteiger partial charge in [0.25, 0.3) is 0 Å². The maximum Gasteiger partial charge on any atom is 0.321 e. The van der Waals surface area contributed by atoms with E-state index in [1.165, 1.54) is 11.8 Å². The molecule has 0 bridgehead atoms. The molecule has 1 rings (SSSR count). The largest absolute Gasteiger partial charge is 0.321 e. The maximum absolute atomic E-state index is 11.3. The maximum atomic E-state index is 11.3. The summed E-state index contributed by atoms with van der Waals surface area (Å²) in [5.41, 5.74) is 1.25. The summed E-state index contributed by atoms with van der Waals surface area (Å²) >= 11 is 0. The summed E-state index contributed by atoms with van der Waals surface area (Å²) in [5.74, 6) is 0. The molecule has 0 fully saturated rings. The lowest BCUT2D eigenvalue weighted by atomic mass is 10.1. The van der Waals surface area contributed by atoms with Crippen molar-refractivity contribution in [1.29, 1.82) is 0 Å². The van der Waals surface area contributed by atoms with Gasteiger partial charge in [0.05, 0.1) is 0 Å². The number of hydrogen-bond acceptors (Lipinski definition) is 1. The molecule has 0 spiro atoms. The van der Waals surface area contributed by atoms with Gasteiger partial charge in [0, 0.05) is 13.1 Å². The first-order valence-corrected chi connectivity index (χ1v) is 4.06. The lowest BCUT2D eigenvalue weighted by Crippen LogP contribution is -2.40. The van der Waals surface area contributed by atoms with Crippen LogP contribution in [0, 0.1) is 0 Å². The van der Waals surface area contributed by atoms with Crippen molar-refractivity contribution in [3.63, 3.8) is 0 Å². The first-order chi connectivity index (χ1) is 5.74. The summed E-state index contributed by atoms with van der Waals surface area (Å²) in [7, 11) is 0. The van der Waals surface area contributed by atoms with Crippen molar-refractivity contribution < 1.29 is 4.79 Å². The minimum atomic E-state index is -0.0579. The van der Waals surface area contributed by atoms with E-state index in [1.807, 2.05) is 6.92 Å². The Morgan fingerprint density at radius 1 is 1.83 bits per heavy atom. The van der Waals surface area contributed by atoms with Gasteiger partial charge in [0.1, 0.15) is 0 Å². The Hall–Kier alpha value is -1.25. The SMILES string of the molecule is C=CNC(=O)N1CCC=C(C)C1. The fourth-order valence-corrected chi connectivity index (χ4v) is 1.26. The number of nitrogens with one attached hydrogen (secondary N) is 1. The van der Waals surface area contributed by atoms with Crippen LogP contribution in [0.1, 0.15) is 13.3 Å². The average Bonchev–Trinajstić information content (AvgIpc) is 2.05. The Kier molecular flexibility index (Phi) is 2.91. The second-order valence-corrected chi connectivity index (χ2v) is 2.91. The van der Waals surface area contributed by atoms with E-state index in [9.17, 15) is 4.79 Å². The third-order valence-electron chi connectivity index (χ3n) is 1.84. The third-order valence-corrected chi connectivity index (χ3v) is 1.84. The summed E-state index contributed by atoms with van der Waals surface area (Å²) in [6, 6.07) is -0.0579. The smallest absolute Gasteiger partial charge is 0.320 e. The van der Waals surface area contributed by atoms with Gasteiger partial charge >= 0.3 is 6.03 Å². The lowest BCUT2D eigenvalue weighted by molar-refractivity contribution is 0.205. The molecule has 1 aliphatic heterocycles. The van der Waals surface area contributed by atoms with Gasteiger partial charge in [-0.25, -0.2) is 4.79 Å². The summed E-state index contributed by atoms with van der Waals surface area (Å²) < 4.78 is 0. The molecule has 1 aliphatic rings. The highest BCUT2D eigenvalue weighted by Crippen LogP contribution is 2.08. The van der Waals surface area contributed by atoms with Crippen molar-refractivity contribution in [2.24, 2.45) is 0 Å². The van der Waals surface area contributed by atoms with Crippen LogP contribution in [0.25, 0.3) is 0 Å². The topological polar surface area (TPSA) is 32.3 Å². The number of rotatable bonds is 1. The van der Waals surface area contributed by atoms with Crippen molar-refractivity contribution >= 4 is 6.03 Å². The summed E-state index contributed by atoms with van der Waals surface area (Å²) in [6.07, 6.45) is 4.53. The molecule has 0 radical (unpaired) electrons. The molecule has 66 valence electrons. The van der Waals surface area contributed by atoms with E-state index in [1.54, 1.807) is 4.90 Å². The number of amides is 2. The molecule has 0 aromatic heterocycles. The van der Waals surface area contributed by atoms with Crippen molar-refractivity contribution in [3.05, 3.63) is 24.4 Å². The lowest BCUT2D eigenvalue weighted by Gasteiger charge is -2.25. The number of carbonyl (C=O) groups is 1. The monoisotopic (exact) mass is 166 g/mol. The van der Waals surface area contributed by atoms with E-state index >= 15 is 0 Å². The van der Waals surface area contributed by atoms with Gasteiger partial charge in [-0.1, -0.05) is 18.2 Å². The molecule has 3 nitrogen and oxygen atoms in total. The quantitative estimate of drug-likeness (QED) is 0.588. The Morgan fingerprint density at radius 2 is 2.58 bits per heavy atom. The Morgan fingerprint density at radius 3 is 3.17 bits per heavy atom. The highest BCUT2D eigenvalue weighted by Gasteiger charge is 2.14. The molecular weight excluding hydrogens is 152 g/mol. The van der Waals surface area contributed by atoms with E-state index < -0.39 is 0 Å². The molecule has 0 aromatic rings. The van der Waals surface area contributed by atoms with Crippen LogP contribution in [0.4, 0.5) is 4.79 Å². The zero-order valence-electron chi connectivity index (χ0n) is 7.34. The van der Waals surface area contributed by atoms with Gasteiger partial charge < -0.3 is 10.2 Å². The first-order valence-electron chi connectivity index (χ1n) is 4.06. The number of urea groups is 1. The molecule has 1 heterocycles. The molecule has 0 unspecified atom stereocenters. The second kappa shape index (κ2) is 3.95. The van der Waals surface area contributed by atoms with Crippen LogP contribution in [-0.2, 0) is 0 Å². The van der Waals surface area contributed by atoms with E-state index in [0.29, 0.717) is 0 Å². The van der Waals surface area contributed by atoms with Crippen LogP contribution in [0.3, 0.4) is 0 Å². The van der Waals surface area contributed by atoms with Crippen molar-refractivity contribution in [2.75, 3.05) is 13.1 Å². The first kappa shape index (κ1) is 8.84. The zero-order valence-corrected chi connectivity index (χ0v) is 7.34. The van der Waals surface area contributed by atoms with Crippen LogP contribution in [0.2, 0.25) is 0 Å². The molecule has 0 aliphatic carbocycles. The fraction of sp³-hybridized carbons (Fsp3) is 0.444. The van der Waals surface area contributed by atoms with Gasteiger partial charge in [-0.15, -0.1) is 0 Å². The molecule has 0 aromatic carbocycles. The highest BCUT2D eigenvalue weighted by atomic mass is 16.2. The van der Waals surface area contributed by atoms with Crippen molar-refractivity contribution in [1.82, 2.24) is 10.2 Å². The Labute approximate surface area is 72.7 Å². The normalized spacial score (nSPS) is 16.8. The van der Waals surface area contributed by atoms with E-state index in [4.69, 9.17) is 0 Å². The Bertz CT molecular complexity index is 221. The van der Waals surface area contributed by atoms with Crippen LogP contribution in [-0.4, -0.2) is 24.0 Å². The third kappa shape index (κ3) is 2.12. The highest BCUT2D eigenvalue weighted by molar-refractivity contribution is 5.75. The van der Waals surface area contributed by atoms with E-state index in [-0.39, 0.29) is 6.03 Å². The van der Waals surface area contributed by atoms with Crippen molar-refractivity contribution in [2.45, 2.75) is 13.3 Å². The van der Waals surface area contributed by atoms with Gasteiger partial charge in [-0.05, 0) is 19.5 Å². The number of carbonyl (C=O) groups excluding carboxylic acids is 1. The molecule has 0 saturated carbocycles. The average molecular weight is 166 g/mol. The molecule has 0 atom stereocenters. The summed E-state index contributed by atoms with van der Waals surface area (Å²) in [6.45, 7) is 7.01. The van der Waals surface area contributed by atoms with Gasteiger partial charge in [0.2, 0.25) is 0 Å². The minimum Gasteiger partial charge on any atom is -0.320 e. The standard InChI is InChI=1S/C9H14N2O/c1-3-10-9(12)11-6-4-5-8(2)7-11/h3,5H,1,4,6-7H2,2H3,(H,10,12). The fourth-order valence-electron chi connectivity index (χ4n) is 1.26. The predicted octanol–water partition coefficient (Wildman–Crippen LogP) is 1.49. The van der Waals surface area contributed by atoms with E-state index in [2.05, 4.69) is 18.0 Å². The van der Waals surface area contributed by atoms with Crippen LogP contribution in [0.5, 0.6) is 0 Å². The number of hydrogen-bond donors (Lipinski definition) is 1. The molecule has 1 N–H and O–H groups in total. The molecule has 0 saturated heterocycles. The van der Waals surface area contributed by atoms with E-state index in [0.717, 1.165) is 19.5 Å². The molecule has 12 heavy (non-hydrogen) atoms. The van der Waals surface area contributed by atoms with Crippen molar-refractivity contribution in [3.8, 4) is 0 Å². The second-order valence-electron chi connectivity index (χ2n) is 2.91. The van der Waals surface area contributed by atoms with Gasteiger partial charge in [0.15, 0.2) is 0 Å². The van der Waals surface area contributed by atoms with Gasteiger partial charge in [-0.3, -0.25) is 0 Å². The number of nitrogens with zero attached hydrogens (tertiary/aromatic N) is 1. The summed E-state index contributed by atoms with van der Waals surface area (Å²) in [5, 5.41) is 2.56. The van der Waals surface area contributed by atoms with Crippen LogP contribution in [0.15, 0.2) is 24.4 Å². The molecule has 2 amide bonds. The Balaban J connectivity index is 2.48. The van der Waals surface area contributed by atoms with Crippen LogP contribution < -0.4 is 5.32 Å². The minimum absolute atomic E-state index is 0.0579. The molecular formula is C9H14N2O.